The molecule has 3 heterocycles. The number of hydrogen-bond acceptors (Lipinski definition) is 7. The molecule has 1 aliphatic carbocycles. The third kappa shape index (κ3) is 2.97. The molecule has 0 amide bonds. The maximum Gasteiger partial charge on any atom is 0.226 e. The zero-order valence-corrected chi connectivity index (χ0v) is 14.7. The van der Waals surface area contributed by atoms with Crippen molar-refractivity contribution in [2.75, 3.05) is 5.32 Å². The van der Waals surface area contributed by atoms with Crippen LogP contribution in [0.5, 0.6) is 0 Å². The van der Waals surface area contributed by atoms with E-state index in [0.717, 1.165) is 12.8 Å². The summed E-state index contributed by atoms with van der Waals surface area (Å²) in [6, 6.07) is 0.360. The van der Waals surface area contributed by atoms with Gasteiger partial charge in [-0.05, 0) is 30.9 Å². The average molecular weight is 368 g/mol. The van der Waals surface area contributed by atoms with E-state index in [4.69, 9.17) is 16.3 Å². The topological polar surface area (TPSA) is 105 Å². The van der Waals surface area contributed by atoms with Gasteiger partial charge in [0, 0.05) is 6.04 Å². The summed E-state index contributed by atoms with van der Waals surface area (Å²) in [6.07, 6.45) is 3.57. The van der Waals surface area contributed by atoms with Crippen molar-refractivity contribution in [3.8, 4) is 0 Å². The lowest BCUT2D eigenvalue weighted by Crippen LogP contribution is -2.31. The molecule has 1 saturated carbocycles. The first-order valence-corrected chi connectivity index (χ1v) is 9.14. The molecule has 3 N–H and O–H groups in total. The molecule has 0 radical (unpaired) electrons. The number of rotatable bonds is 4. The first-order valence-electron chi connectivity index (χ1n) is 8.76. The largest absolute Gasteiger partial charge is 0.388 e. The molecule has 0 bridgehead atoms. The van der Waals surface area contributed by atoms with Gasteiger partial charge < -0.3 is 20.3 Å². The molecule has 0 unspecified atom stereocenters. The Morgan fingerprint density at radius 2 is 2.04 bits per heavy atom. The van der Waals surface area contributed by atoms with Gasteiger partial charge in [0.05, 0.1) is 12.4 Å². The predicted octanol–water partition coefficient (Wildman–Crippen LogP) is 1.86. The van der Waals surface area contributed by atoms with Crippen LogP contribution in [-0.4, -0.2) is 54.1 Å². The number of aliphatic hydroxyl groups excluding tert-OH is 2. The number of aromatic nitrogens is 4. The minimum Gasteiger partial charge on any atom is -0.388 e. The Balaban J connectivity index is 1.70. The first kappa shape index (κ1) is 17.0. The van der Waals surface area contributed by atoms with Crippen LogP contribution < -0.4 is 5.32 Å². The number of halogens is 1. The Morgan fingerprint density at radius 3 is 2.72 bits per heavy atom. The van der Waals surface area contributed by atoms with Crippen LogP contribution in [0, 0.1) is 0 Å². The highest BCUT2D eigenvalue weighted by Gasteiger charge is 2.43. The fraction of sp³-hybridized carbons (Fsp3) is 0.688. The molecular formula is C16H22ClN5O3. The molecule has 2 aliphatic rings. The van der Waals surface area contributed by atoms with Gasteiger partial charge >= 0.3 is 0 Å². The normalized spacial score (nSPS) is 30.4. The number of ether oxygens (including phenoxy) is 1. The van der Waals surface area contributed by atoms with Crippen molar-refractivity contribution in [3.05, 3.63) is 11.6 Å². The number of nitrogens with zero attached hydrogens (tertiary/aromatic N) is 4. The minimum atomic E-state index is -1.05. The Bertz CT molecular complexity index is 764. The summed E-state index contributed by atoms with van der Waals surface area (Å²) in [5, 5.41) is 24.0. The zero-order chi connectivity index (χ0) is 17.6. The fourth-order valence-corrected chi connectivity index (χ4v) is 3.90. The van der Waals surface area contributed by atoms with Gasteiger partial charge in [0.1, 0.15) is 12.2 Å². The van der Waals surface area contributed by atoms with Gasteiger partial charge in [-0.3, -0.25) is 4.57 Å². The van der Waals surface area contributed by atoms with Crippen LogP contribution in [0.4, 0.5) is 5.82 Å². The third-order valence-corrected chi connectivity index (χ3v) is 5.27. The highest BCUT2D eigenvalue weighted by Crippen LogP contribution is 2.34. The molecule has 25 heavy (non-hydrogen) atoms. The van der Waals surface area contributed by atoms with E-state index in [9.17, 15) is 10.2 Å². The SMILES string of the molecule is CC[C@H]1O[C@@H](n2cnc3c(NC4CCCC4)nc(Cl)nc32)[C@H](O)[C@@H]1O. The summed E-state index contributed by atoms with van der Waals surface area (Å²) in [5.41, 5.74) is 1.06. The lowest BCUT2D eigenvalue weighted by molar-refractivity contribution is -0.0355. The van der Waals surface area contributed by atoms with E-state index < -0.39 is 24.5 Å². The second-order valence-electron chi connectivity index (χ2n) is 6.75. The quantitative estimate of drug-likeness (QED) is 0.708. The number of imidazole rings is 1. The number of nitrogens with one attached hydrogen (secondary N) is 1. The fourth-order valence-electron chi connectivity index (χ4n) is 3.74. The second kappa shape index (κ2) is 6.68. The number of aliphatic hydroxyl groups is 2. The molecule has 0 aromatic carbocycles. The zero-order valence-electron chi connectivity index (χ0n) is 14.0. The molecule has 0 spiro atoms. The van der Waals surface area contributed by atoms with Crippen LogP contribution in [-0.2, 0) is 4.74 Å². The van der Waals surface area contributed by atoms with Crippen molar-refractivity contribution in [1.29, 1.82) is 0 Å². The molecule has 4 rings (SSSR count). The van der Waals surface area contributed by atoms with Crippen molar-refractivity contribution in [2.24, 2.45) is 0 Å². The summed E-state index contributed by atoms with van der Waals surface area (Å²) in [7, 11) is 0. The molecule has 1 aliphatic heterocycles. The second-order valence-corrected chi connectivity index (χ2v) is 7.08. The van der Waals surface area contributed by atoms with Gasteiger partial charge in [0.15, 0.2) is 23.2 Å². The Morgan fingerprint density at radius 1 is 1.28 bits per heavy atom. The van der Waals surface area contributed by atoms with Crippen LogP contribution in [0.1, 0.15) is 45.3 Å². The minimum absolute atomic E-state index is 0.106. The van der Waals surface area contributed by atoms with Gasteiger partial charge in [0.25, 0.3) is 0 Å². The summed E-state index contributed by atoms with van der Waals surface area (Å²) in [6.45, 7) is 1.90. The lowest BCUT2D eigenvalue weighted by atomic mass is 10.1. The lowest BCUT2D eigenvalue weighted by Gasteiger charge is -2.17. The predicted molar refractivity (Wildman–Crippen MR) is 92.4 cm³/mol. The smallest absolute Gasteiger partial charge is 0.226 e. The van der Waals surface area contributed by atoms with E-state index in [1.165, 1.54) is 12.8 Å². The number of hydrogen-bond donors (Lipinski definition) is 3. The van der Waals surface area contributed by atoms with Crippen LogP contribution in [0.3, 0.4) is 0 Å². The molecule has 8 nitrogen and oxygen atoms in total. The monoisotopic (exact) mass is 367 g/mol. The van der Waals surface area contributed by atoms with Crippen LogP contribution >= 0.6 is 11.6 Å². The van der Waals surface area contributed by atoms with Crippen molar-refractivity contribution >= 4 is 28.6 Å². The Hall–Kier alpha value is -1.48. The highest BCUT2D eigenvalue weighted by molar-refractivity contribution is 6.28. The van der Waals surface area contributed by atoms with Gasteiger partial charge in [0.2, 0.25) is 5.28 Å². The van der Waals surface area contributed by atoms with Gasteiger partial charge in [-0.25, -0.2) is 4.98 Å². The van der Waals surface area contributed by atoms with Crippen molar-refractivity contribution < 1.29 is 14.9 Å². The summed E-state index contributed by atoms with van der Waals surface area (Å²) in [4.78, 5) is 13.0. The molecule has 9 heteroatoms. The van der Waals surface area contributed by atoms with Crippen molar-refractivity contribution in [2.45, 2.75) is 69.6 Å². The van der Waals surface area contributed by atoms with Crippen LogP contribution in [0.25, 0.3) is 11.2 Å². The van der Waals surface area contributed by atoms with E-state index in [1.807, 2.05) is 6.92 Å². The molecule has 2 aromatic heterocycles. The van der Waals surface area contributed by atoms with E-state index in [1.54, 1.807) is 10.9 Å². The molecule has 2 aromatic rings. The average Bonchev–Trinajstić information content (AvgIpc) is 3.29. The highest BCUT2D eigenvalue weighted by atomic mass is 35.5. The molecular weight excluding hydrogens is 346 g/mol. The van der Waals surface area contributed by atoms with Gasteiger partial charge in [-0.1, -0.05) is 19.8 Å². The molecule has 4 atom stereocenters. The van der Waals surface area contributed by atoms with Crippen LogP contribution in [0.2, 0.25) is 5.28 Å². The third-order valence-electron chi connectivity index (χ3n) is 5.10. The number of fused-ring (bicyclic) bond motifs is 1. The molecule has 2 fully saturated rings. The molecule has 1 saturated heterocycles. The van der Waals surface area contributed by atoms with E-state index >= 15 is 0 Å². The van der Waals surface area contributed by atoms with Crippen molar-refractivity contribution in [1.82, 2.24) is 19.5 Å². The van der Waals surface area contributed by atoms with Gasteiger partial charge in [-0.15, -0.1) is 0 Å². The standard InChI is InChI=1S/C16H22ClN5O3/c1-2-9-11(23)12(24)15(25-9)22-7-18-10-13(19-8-5-3-4-6-8)20-16(17)21-14(10)22/h7-9,11-12,15,23-24H,2-6H2,1H3,(H,19,20,21)/t9-,11-,12-,15-/m1/s1. The van der Waals surface area contributed by atoms with E-state index in [2.05, 4.69) is 20.3 Å². The Labute approximate surface area is 150 Å². The summed E-state index contributed by atoms with van der Waals surface area (Å²) in [5.74, 6) is 0.598. The van der Waals surface area contributed by atoms with E-state index in [-0.39, 0.29) is 5.28 Å². The number of anilines is 1. The first-order chi connectivity index (χ1) is 12.1. The Kier molecular flexibility index (Phi) is 4.53. The van der Waals surface area contributed by atoms with Crippen LogP contribution in [0.15, 0.2) is 6.33 Å². The maximum absolute atomic E-state index is 10.3. The molecule has 136 valence electrons. The summed E-state index contributed by atoms with van der Waals surface area (Å²) >= 11 is 6.11. The van der Waals surface area contributed by atoms with Crippen molar-refractivity contribution in [3.63, 3.8) is 0 Å². The summed E-state index contributed by atoms with van der Waals surface area (Å²) < 4.78 is 7.42. The maximum atomic E-state index is 10.3. The van der Waals surface area contributed by atoms with E-state index in [0.29, 0.717) is 29.4 Å². The van der Waals surface area contributed by atoms with Gasteiger partial charge in [-0.2, -0.15) is 9.97 Å².